The van der Waals surface area contributed by atoms with Gasteiger partial charge in [-0.15, -0.1) is 6.42 Å². The molecule has 0 fully saturated rings. The summed E-state index contributed by atoms with van der Waals surface area (Å²) >= 11 is 0. The monoisotopic (exact) mass is 239 g/mol. The van der Waals surface area contributed by atoms with Crippen LogP contribution in [0.1, 0.15) is 5.69 Å². The Labute approximate surface area is 108 Å². The maximum absolute atomic E-state index is 5.38. The first-order valence-corrected chi connectivity index (χ1v) is 5.94. The first-order valence-electron chi connectivity index (χ1n) is 5.94. The molecule has 18 heavy (non-hydrogen) atoms. The van der Waals surface area contributed by atoms with Gasteiger partial charge in [0.25, 0.3) is 0 Å². The summed E-state index contributed by atoms with van der Waals surface area (Å²) in [4.78, 5) is 6.68. The van der Waals surface area contributed by atoms with Gasteiger partial charge in [0.15, 0.2) is 0 Å². The molecule has 0 atom stereocenters. The Bertz CT molecular complexity index is 584. The number of benzene rings is 1. The number of fused-ring (bicyclic) bond motifs is 1. The molecule has 0 bridgehead atoms. The summed E-state index contributed by atoms with van der Waals surface area (Å²) < 4.78 is 0. The van der Waals surface area contributed by atoms with Crippen molar-refractivity contribution in [1.29, 1.82) is 0 Å². The lowest BCUT2D eigenvalue weighted by Gasteiger charge is -2.18. The van der Waals surface area contributed by atoms with E-state index in [1.165, 1.54) is 5.39 Å². The maximum atomic E-state index is 5.38. The van der Waals surface area contributed by atoms with E-state index in [1.54, 1.807) is 0 Å². The fraction of sp³-hybridized carbons (Fsp3) is 0.267. The van der Waals surface area contributed by atoms with Crippen LogP contribution in [0.2, 0.25) is 0 Å². The quantitative estimate of drug-likeness (QED) is 0.827. The highest BCUT2D eigenvalue weighted by Gasteiger charge is 2.08. The lowest BCUT2D eigenvalue weighted by molar-refractivity contribution is 0.790. The molecule has 0 saturated heterocycles. The summed E-state index contributed by atoms with van der Waals surface area (Å²) in [5.74, 6) is 3.59. The van der Waals surface area contributed by atoms with Crippen LogP contribution >= 0.6 is 0 Å². The molecule has 0 amide bonds. The molecule has 0 aliphatic rings. The molecule has 0 aliphatic carbocycles. The molecule has 2 aromatic rings. The number of anilines is 1. The van der Waals surface area contributed by atoms with Gasteiger partial charge in [-0.3, -0.25) is 0 Å². The van der Waals surface area contributed by atoms with Crippen molar-refractivity contribution < 1.29 is 0 Å². The fourth-order valence-electron chi connectivity index (χ4n) is 2.01. The highest BCUT2D eigenvalue weighted by Crippen LogP contribution is 2.24. The fourth-order valence-corrected chi connectivity index (χ4v) is 2.01. The lowest BCUT2D eigenvalue weighted by atomic mass is 10.1. The molecule has 2 rings (SSSR count). The summed E-state index contributed by atoms with van der Waals surface area (Å²) in [6.45, 7) is 1.31. The molecular formula is C15H17N3. The largest absolute Gasteiger partial charge is 0.348 e. The minimum atomic E-state index is 0.556. The molecular weight excluding hydrogens is 222 g/mol. The molecule has 1 aromatic carbocycles. The van der Waals surface area contributed by atoms with Crippen molar-refractivity contribution in [3.63, 3.8) is 0 Å². The summed E-state index contributed by atoms with van der Waals surface area (Å²) in [7, 11) is 3.89. The Balaban J connectivity index is 2.57. The van der Waals surface area contributed by atoms with Gasteiger partial charge in [0, 0.05) is 19.0 Å². The third-order valence-electron chi connectivity index (χ3n) is 2.82. The smallest absolute Gasteiger partial charge is 0.137 e. The number of nitrogens with one attached hydrogen (secondary N) is 1. The third kappa shape index (κ3) is 2.44. The molecule has 0 spiro atoms. The number of pyridine rings is 1. The number of nitrogens with zero attached hydrogens (tertiary/aromatic N) is 2. The molecule has 0 aliphatic heterocycles. The molecule has 0 unspecified atom stereocenters. The summed E-state index contributed by atoms with van der Waals surface area (Å²) in [6, 6.07) is 10.3. The van der Waals surface area contributed by atoms with E-state index < -0.39 is 0 Å². The van der Waals surface area contributed by atoms with Gasteiger partial charge in [-0.05, 0) is 18.5 Å². The highest BCUT2D eigenvalue weighted by atomic mass is 15.2. The molecule has 1 heterocycles. The van der Waals surface area contributed by atoms with Crippen molar-refractivity contribution in [2.24, 2.45) is 0 Å². The number of hydrogen-bond acceptors (Lipinski definition) is 3. The Morgan fingerprint density at radius 3 is 2.89 bits per heavy atom. The Morgan fingerprint density at radius 2 is 2.17 bits per heavy atom. The van der Waals surface area contributed by atoms with Crippen molar-refractivity contribution in [1.82, 2.24) is 10.3 Å². The second-order valence-electron chi connectivity index (χ2n) is 4.25. The van der Waals surface area contributed by atoms with Crippen LogP contribution in [0, 0.1) is 12.3 Å². The van der Waals surface area contributed by atoms with Crippen molar-refractivity contribution >= 4 is 16.6 Å². The minimum Gasteiger partial charge on any atom is -0.348 e. The van der Waals surface area contributed by atoms with Crippen molar-refractivity contribution in [3.05, 3.63) is 36.0 Å². The van der Waals surface area contributed by atoms with Gasteiger partial charge in [0.2, 0.25) is 0 Å². The van der Waals surface area contributed by atoms with Gasteiger partial charge in [-0.25, -0.2) is 4.98 Å². The van der Waals surface area contributed by atoms with Gasteiger partial charge < -0.3 is 10.2 Å². The summed E-state index contributed by atoms with van der Waals surface area (Å²) in [6.07, 6.45) is 5.38. The zero-order valence-corrected chi connectivity index (χ0v) is 10.8. The van der Waals surface area contributed by atoms with Crippen LogP contribution in [0.15, 0.2) is 30.3 Å². The van der Waals surface area contributed by atoms with E-state index in [0.717, 1.165) is 23.4 Å². The van der Waals surface area contributed by atoms with E-state index in [1.807, 2.05) is 31.1 Å². The third-order valence-corrected chi connectivity index (χ3v) is 2.82. The van der Waals surface area contributed by atoms with Crippen LogP contribution < -0.4 is 10.2 Å². The van der Waals surface area contributed by atoms with Gasteiger partial charge >= 0.3 is 0 Å². The molecule has 3 heteroatoms. The molecule has 1 N–H and O–H groups in total. The van der Waals surface area contributed by atoms with E-state index in [9.17, 15) is 0 Å². The van der Waals surface area contributed by atoms with E-state index >= 15 is 0 Å². The second kappa shape index (κ2) is 5.52. The van der Waals surface area contributed by atoms with Crippen LogP contribution in [-0.2, 0) is 6.54 Å². The predicted octanol–water partition coefficient (Wildman–Crippen LogP) is 2.02. The molecule has 3 nitrogen and oxygen atoms in total. The number of hydrogen-bond donors (Lipinski definition) is 1. The minimum absolute atomic E-state index is 0.556. The van der Waals surface area contributed by atoms with E-state index in [4.69, 9.17) is 6.42 Å². The summed E-state index contributed by atoms with van der Waals surface area (Å²) in [5, 5.41) is 5.45. The maximum Gasteiger partial charge on any atom is 0.137 e. The van der Waals surface area contributed by atoms with Crippen molar-refractivity contribution in [3.8, 4) is 12.3 Å². The predicted molar refractivity (Wildman–Crippen MR) is 76.6 cm³/mol. The van der Waals surface area contributed by atoms with Crippen LogP contribution in [0.4, 0.5) is 5.82 Å². The zero-order valence-electron chi connectivity index (χ0n) is 10.8. The van der Waals surface area contributed by atoms with E-state index in [-0.39, 0.29) is 0 Å². The lowest BCUT2D eigenvalue weighted by Crippen LogP contribution is -2.20. The van der Waals surface area contributed by atoms with Gasteiger partial charge in [0.1, 0.15) is 5.82 Å². The second-order valence-corrected chi connectivity index (χ2v) is 4.25. The van der Waals surface area contributed by atoms with Crippen LogP contribution in [-0.4, -0.2) is 25.6 Å². The Morgan fingerprint density at radius 1 is 1.39 bits per heavy atom. The van der Waals surface area contributed by atoms with Crippen molar-refractivity contribution in [2.45, 2.75) is 6.54 Å². The summed E-state index contributed by atoms with van der Waals surface area (Å²) in [5.41, 5.74) is 1.02. The first kappa shape index (κ1) is 12.4. The average molecular weight is 239 g/mol. The average Bonchev–Trinajstić information content (AvgIpc) is 2.38. The van der Waals surface area contributed by atoms with E-state index in [0.29, 0.717) is 6.54 Å². The zero-order chi connectivity index (χ0) is 13.0. The number of terminal acetylenes is 1. The van der Waals surface area contributed by atoms with Gasteiger partial charge in [0.05, 0.1) is 12.2 Å². The molecule has 0 saturated carbocycles. The van der Waals surface area contributed by atoms with Crippen LogP contribution in [0.5, 0.6) is 0 Å². The first-order chi connectivity index (χ1) is 8.76. The molecule has 0 radical (unpaired) electrons. The highest BCUT2D eigenvalue weighted by molar-refractivity contribution is 5.92. The normalized spacial score (nSPS) is 10.3. The number of rotatable bonds is 4. The Hall–Kier alpha value is -2.05. The number of aromatic nitrogens is 1. The van der Waals surface area contributed by atoms with E-state index in [2.05, 4.69) is 34.4 Å². The SMILES string of the molecule is C#CCN(C)c1nc(CNC)cc2ccccc12. The van der Waals surface area contributed by atoms with Gasteiger partial charge in [-0.1, -0.05) is 30.2 Å². The Kier molecular flexibility index (Phi) is 3.81. The topological polar surface area (TPSA) is 28.2 Å². The van der Waals surface area contributed by atoms with Crippen LogP contribution in [0.3, 0.4) is 0 Å². The molecule has 1 aromatic heterocycles. The molecule has 92 valence electrons. The van der Waals surface area contributed by atoms with Gasteiger partial charge in [-0.2, -0.15) is 0 Å². The standard InChI is InChI=1S/C15H17N3/c1-4-9-18(3)15-14-8-6-5-7-12(14)10-13(17-15)11-16-2/h1,5-8,10,16H,9,11H2,2-3H3. The van der Waals surface area contributed by atoms with Crippen LogP contribution in [0.25, 0.3) is 10.8 Å². The van der Waals surface area contributed by atoms with Crippen molar-refractivity contribution in [2.75, 3.05) is 25.5 Å².